The Kier molecular flexibility index (Phi) is 10.1. The summed E-state index contributed by atoms with van der Waals surface area (Å²) in [6.07, 6.45) is 1.25. The van der Waals surface area contributed by atoms with Gasteiger partial charge in [-0.3, -0.25) is 9.59 Å². The van der Waals surface area contributed by atoms with Gasteiger partial charge in [0.25, 0.3) is 5.91 Å². The Morgan fingerprint density at radius 3 is 2.28 bits per heavy atom. The fourth-order valence-electron chi connectivity index (χ4n) is 3.34. The molecule has 0 fully saturated rings. The predicted octanol–water partition coefficient (Wildman–Crippen LogP) is 5.98. The Hall–Kier alpha value is -1.95. The molecule has 0 aliphatic carbocycles. The highest BCUT2D eigenvalue weighted by Gasteiger charge is 2.29. The van der Waals surface area contributed by atoms with E-state index in [1.54, 1.807) is 30.3 Å². The van der Waals surface area contributed by atoms with E-state index in [1.807, 2.05) is 27.7 Å². The zero-order valence-electron chi connectivity index (χ0n) is 18.8. The molecule has 0 spiro atoms. The zero-order chi connectivity index (χ0) is 23.8. The number of aryl methyl sites for hydroxylation is 2. The van der Waals surface area contributed by atoms with Gasteiger partial charge in [0.15, 0.2) is 6.61 Å². The molecule has 5 nitrogen and oxygen atoms in total. The van der Waals surface area contributed by atoms with Crippen LogP contribution in [0.2, 0.25) is 15.1 Å². The maximum absolute atomic E-state index is 13.2. The molecular weight excluding hydrogens is 471 g/mol. The summed E-state index contributed by atoms with van der Waals surface area (Å²) in [6, 6.07) is 8.00. The van der Waals surface area contributed by atoms with E-state index in [2.05, 4.69) is 5.32 Å². The minimum absolute atomic E-state index is 0.162. The van der Waals surface area contributed by atoms with Gasteiger partial charge in [0.2, 0.25) is 5.91 Å². The molecule has 2 rings (SSSR count). The molecule has 0 radical (unpaired) electrons. The van der Waals surface area contributed by atoms with E-state index in [9.17, 15) is 9.59 Å². The van der Waals surface area contributed by atoms with Gasteiger partial charge in [-0.25, -0.2) is 0 Å². The second kappa shape index (κ2) is 12.3. The monoisotopic (exact) mass is 498 g/mol. The highest BCUT2D eigenvalue weighted by molar-refractivity contribution is 6.35. The van der Waals surface area contributed by atoms with Crippen molar-refractivity contribution in [2.45, 2.75) is 53.1 Å². The van der Waals surface area contributed by atoms with Crippen LogP contribution in [0.5, 0.6) is 5.75 Å². The quantitative estimate of drug-likeness (QED) is 0.438. The van der Waals surface area contributed by atoms with Gasteiger partial charge in [-0.2, -0.15) is 0 Å². The Morgan fingerprint density at radius 1 is 1.06 bits per heavy atom. The molecule has 0 saturated heterocycles. The van der Waals surface area contributed by atoms with Crippen LogP contribution in [-0.2, 0) is 16.1 Å². The van der Waals surface area contributed by atoms with Crippen LogP contribution in [0.25, 0.3) is 0 Å². The van der Waals surface area contributed by atoms with Crippen LogP contribution >= 0.6 is 34.8 Å². The number of amides is 2. The summed E-state index contributed by atoms with van der Waals surface area (Å²) in [4.78, 5) is 27.5. The summed E-state index contributed by atoms with van der Waals surface area (Å²) in [6.45, 7) is 8.08. The average molecular weight is 500 g/mol. The first-order valence-corrected chi connectivity index (χ1v) is 11.7. The molecule has 0 saturated carbocycles. The van der Waals surface area contributed by atoms with Crippen LogP contribution in [0.4, 0.5) is 0 Å². The number of rotatable bonds is 10. The van der Waals surface area contributed by atoms with Crippen molar-refractivity contribution < 1.29 is 14.3 Å². The zero-order valence-corrected chi connectivity index (χ0v) is 21.1. The van der Waals surface area contributed by atoms with Crippen molar-refractivity contribution in [2.24, 2.45) is 0 Å². The van der Waals surface area contributed by atoms with Gasteiger partial charge in [-0.05, 0) is 67.6 Å². The highest BCUT2D eigenvalue weighted by Crippen LogP contribution is 2.27. The van der Waals surface area contributed by atoms with E-state index in [-0.39, 0.29) is 25.0 Å². The first-order chi connectivity index (χ1) is 15.2. The van der Waals surface area contributed by atoms with Crippen LogP contribution in [0.1, 0.15) is 43.4 Å². The fourth-order valence-corrected chi connectivity index (χ4v) is 3.91. The molecule has 2 aromatic carbocycles. The largest absolute Gasteiger partial charge is 0.484 e. The second-order valence-electron chi connectivity index (χ2n) is 7.63. The van der Waals surface area contributed by atoms with E-state index >= 15 is 0 Å². The number of ether oxygens (including phenoxy) is 1. The van der Waals surface area contributed by atoms with E-state index in [0.717, 1.165) is 17.5 Å². The summed E-state index contributed by atoms with van der Waals surface area (Å²) >= 11 is 18.6. The first kappa shape index (κ1) is 26.3. The van der Waals surface area contributed by atoms with Crippen molar-refractivity contribution in [1.82, 2.24) is 10.2 Å². The number of carbonyl (C=O) groups is 2. The summed E-state index contributed by atoms with van der Waals surface area (Å²) in [7, 11) is 0. The SMILES string of the molecule is CCCNC(=O)[C@H](CC)N(Cc1ccc(Cl)cc1Cl)C(=O)COc1cc(C)c(Cl)c(C)c1. The van der Waals surface area contributed by atoms with Crippen LogP contribution in [0.3, 0.4) is 0 Å². The van der Waals surface area contributed by atoms with Crippen LogP contribution in [0.15, 0.2) is 30.3 Å². The van der Waals surface area contributed by atoms with Gasteiger partial charge in [-0.1, -0.05) is 54.7 Å². The Bertz CT molecular complexity index is 942. The molecule has 0 aromatic heterocycles. The van der Waals surface area contributed by atoms with Gasteiger partial charge in [-0.15, -0.1) is 0 Å². The third-order valence-electron chi connectivity index (χ3n) is 5.06. The number of carbonyl (C=O) groups excluding carboxylic acids is 2. The van der Waals surface area contributed by atoms with Gasteiger partial charge in [0.1, 0.15) is 11.8 Å². The molecule has 32 heavy (non-hydrogen) atoms. The third-order valence-corrected chi connectivity index (χ3v) is 6.25. The van der Waals surface area contributed by atoms with Gasteiger partial charge in [0, 0.05) is 28.2 Å². The molecule has 1 N–H and O–H groups in total. The lowest BCUT2D eigenvalue weighted by Gasteiger charge is -2.31. The fraction of sp³-hybridized carbons (Fsp3) is 0.417. The molecule has 0 aliphatic rings. The number of hydrogen-bond acceptors (Lipinski definition) is 3. The summed E-state index contributed by atoms with van der Waals surface area (Å²) in [5.41, 5.74) is 2.43. The highest BCUT2D eigenvalue weighted by atomic mass is 35.5. The van der Waals surface area contributed by atoms with Crippen molar-refractivity contribution >= 4 is 46.6 Å². The molecule has 0 aliphatic heterocycles. The minimum Gasteiger partial charge on any atom is -0.484 e. The summed E-state index contributed by atoms with van der Waals surface area (Å²) < 4.78 is 5.77. The molecule has 174 valence electrons. The molecule has 0 bridgehead atoms. The average Bonchev–Trinajstić information content (AvgIpc) is 2.75. The van der Waals surface area contributed by atoms with Crippen LogP contribution in [-0.4, -0.2) is 35.9 Å². The summed E-state index contributed by atoms with van der Waals surface area (Å²) in [5.74, 6) is 0.0245. The molecule has 2 amide bonds. The normalized spacial score (nSPS) is 11.7. The third kappa shape index (κ3) is 7.03. The number of hydrogen-bond donors (Lipinski definition) is 1. The maximum atomic E-state index is 13.2. The summed E-state index contributed by atoms with van der Waals surface area (Å²) in [5, 5.41) is 4.48. The standard InChI is InChI=1S/C24H29Cl3N2O3/c1-5-9-28-24(31)21(6-2)29(13-17-7-8-18(25)12-20(17)26)22(30)14-32-19-10-15(3)23(27)16(4)11-19/h7-8,10-12,21H,5-6,9,13-14H2,1-4H3,(H,28,31)/t21-/m0/s1. The Morgan fingerprint density at radius 2 is 1.72 bits per heavy atom. The first-order valence-electron chi connectivity index (χ1n) is 10.6. The lowest BCUT2D eigenvalue weighted by Crippen LogP contribution is -2.50. The van der Waals surface area contributed by atoms with E-state index in [4.69, 9.17) is 39.5 Å². The number of halogens is 3. The second-order valence-corrected chi connectivity index (χ2v) is 8.85. The van der Waals surface area contributed by atoms with E-state index in [1.165, 1.54) is 4.90 Å². The molecule has 0 unspecified atom stereocenters. The van der Waals surface area contributed by atoms with Crippen molar-refractivity contribution in [1.29, 1.82) is 0 Å². The smallest absolute Gasteiger partial charge is 0.261 e. The van der Waals surface area contributed by atoms with Gasteiger partial charge < -0.3 is 15.0 Å². The lowest BCUT2D eigenvalue weighted by molar-refractivity contribution is -0.143. The van der Waals surface area contributed by atoms with Crippen LogP contribution in [0, 0.1) is 13.8 Å². The maximum Gasteiger partial charge on any atom is 0.261 e. The Balaban J connectivity index is 2.27. The Labute approximate surface area is 205 Å². The van der Waals surface area contributed by atoms with Crippen molar-refractivity contribution in [3.8, 4) is 5.75 Å². The van der Waals surface area contributed by atoms with Gasteiger partial charge >= 0.3 is 0 Å². The van der Waals surface area contributed by atoms with Crippen LogP contribution < -0.4 is 10.1 Å². The van der Waals surface area contributed by atoms with Crippen molar-refractivity contribution in [3.63, 3.8) is 0 Å². The molecular formula is C24H29Cl3N2O3. The number of nitrogens with one attached hydrogen (secondary N) is 1. The van der Waals surface area contributed by atoms with E-state index < -0.39 is 6.04 Å². The van der Waals surface area contributed by atoms with Gasteiger partial charge in [0.05, 0.1) is 0 Å². The predicted molar refractivity (Wildman–Crippen MR) is 131 cm³/mol. The number of benzene rings is 2. The molecule has 1 atom stereocenters. The number of nitrogens with zero attached hydrogens (tertiary/aromatic N) is 1. The van der Waals surface area contributed by atoms with Crippen molar-refractivity contribution in [3.05, 3.63) is 62.1 Å². The minimum atomic E-state index is -0.655. The van der Waals surface area contributed by atoms with Crippen molar-refractivity contribution in [2.75, 3.05) is 13.2 Å². The topological polar surface area (TPSA) is 58.6 Å². The molecule has 8 heteroatoms. The molecule has 2 aromatic rings. The lowest BCUT2D eigenvalue weighted by atomic mass is 10.1. The molecule has 0 heterocycles. The van der Waals surface area contributed by atoms with E-state index in [0.29, 0.717) is 39.3 Å².